The minimum Gasteiger partial charge on any atom is -0.452 e. The molecule has 1 aliphatic heterocycles. The van der Waals surface area contributed by atoms with Crippen LogP contribution in [0.25, 0.3) is 0 Å². The summed E-state index contributed by atoms with van der Waals surface area (Å²) in [6.07, 6.45) is 1.44. The first-order valence-electron chi connectivity index (χ1n) is 9.17. The highest BCUT2D eigenvalue weighted by Crippen LogP contribution is 2.24. The van der Waals surface area contributed by atoms with Gasteiger partial charge in [-0.3, -0.25) is 9.59 Å². The van der Waals surface area contributed by atoms with Crippen molar-refractivity contribution in [1.29, 1.82) is 0 Å². The summed E-state index contributed by atoms with van der Waals surface area (Å²) >= 11 is 1.55. The van der Waals surface area contributed by atoms with Gasteiger partial charge in [-0.05, 0) is 48.6 Å². The van der Waals surface area contributed by atoms with Crippen molar-refractivity contribution < 1.29 is 19.1 Å². The largest absolute Gasteiger partial charge is 0.452 e. The van der Waals surface area contributed by atoms with Gasteiger partial charge in [-0.2, -0.15) is 0 Å². The second-order valence-electron chi connectivity index (χ2n) is 6.25. The van der Waals surface area contributed by atoms with Crippen molar-refractivity contribution in [3.63, 3.8) is 0 Å². The fourth-order valence-electron chi connectivity index (χ4n) is 2.97. The third kappa shape index (κ3) is 4.92. The maximum absolute atomic E-state index is 12.3. The Balaban J connectivity index is 1.53. The van der Waals surface area contributed by atoms with Gasteiger partial charge in [0.15, 0.2) is 6.61 Å². The summed E-state index contributed by atoms with van der Waals surface area (Å²) in [6.45, 7) is 2.36. The summed E-state index contributed by atoms with van der Waals surface area (Å²) in [4.78, 5) is 38.7. The van der Waals surface area contributed by atoms with Crippen molar-refractivity contribution in [2.24, 2.45) is 0 Å². The van der Waals surface area contributed by atoms with Gasteiger partial charge in [-0.1, -0.05) is 19.1 Å². The number of anilines is 2. The Kier molecular flexibility index (Phi) is 6.71. The lowest BCUT2D eigenvalue weighted by Gasteiger charge is -2.16. The van der Waals surface area contributed by atoms with E-state index in [2.05, 4.69) is 5.32 Å². The Labute approximate surface area is 168 Å². The van der Waals surface area contributed by atoms with Crippen LogP contribution in [-0.2, 0) is 14.3 Å². The summed E-state index contributed by atoms with van der Waals surface area (Å²) in [5.74, 6) is 0.0165. The number of nitrogens with zero attached hydrogens (tertiary/aromatic N) is 1. The molecular weight excluding hydrogens is 376 g/mol. The molecule has 0 aliphatic carbocycles. The molecule has 3 rings (SSSR count). The van der Waals surface area contributed by atoms with Crippen LogP contribution < -0.4 is 10.2 Å². The molecule has 6 nitrogen and oxygen atoms in total. The molecule has 0 radical (unpaired) electrons. The number of hydrogen-bond acceptors (Lipinski definition) is 5. The average molecular weight is 398 g/mol. The summed E-state index contributed by atoms with van der Waals surface area (Å²) in [5.41, 5.74) is 1.86. The number of ether oxygens (including phenoxy) is 1. The lowest BCUT2D eigenvalue weighted by molar-refractivity contribution is -0.119. The molecule has 0 atom stereocenters. The van der Waals surface area contributed by atoms with Crippen molar-refractivity contribution in [3.05, 3.63) is 54.1 Å². The highest BCUT2D eigenvalue weighted by molar-refractivity contribution is 7.99. The van der Waals surface area contributed by atoms with Gasteiger partial charge in [-0.25, -0.2) is 4.79 Å². The maximum Gasteiger partial charge on any atom is 0.339 e. The van der Waals surface area contributed by atoms with Crippen LogP contribution in [0.5, 0.6) is 0 Å². The number of thioether (sulfide) groups is 1. The summed E-state index contributed by atoms with van der Waals surface area (Å²) in [7, 11) is 0. The predicted octanol–water partition coefficient (Wildman–Crippen LogP) is 3.72. The van der Waals surface area contributed by atoms with Gasteiger partial charge in [0, 0.05) is 29.2 Å². The highest BCUT2D eigenvalue weighted by Gasteiger charge is 2.21. The van der Waals surface area contributed by atoms with Gasteiger partial charge in [-0.15, -0.1) is 11.8 Å². The van der Waals surface area contributed by atoms with Crippen LogP contribution >= 0.6 is 11.8 Å². The number of carbonyl (C=O) groups is 3. The summed E-state index contributed by atoms with van der Waals surface area (Å²) in [5, 5.41) is 2.69. The number of benzene rings is 2. The van der Waals surface area contributed by atoms with E-state index in [1.54, 1.807) is 53.1 Å². The normalized spacial score (nSPS) is 13.5. The molecule has 0 saturated carbocycles. The Hall–Kier alpha value is -2.80. The average Bonchev–Trinajstić information content (AvgIpc) is 3.13. The van der Waals surface area contributed by atoms with Crippen LogP contribution in [0.15, 0.2) is 53.4 Å². The third-order valence-corrected chi connectivity index (χ3v) is 5.23. The number of amides is 2. The van der Waals surface area contributed by atoms with E-state index >= 15 is 0 Å². The Bertz CT molecular complexity index is 867. The first kappa shape index (κ1) is 19.9. The van der Waals surface area contributed by atoms with Crippen molar-refractivity contribution in [1.82, 2.24) is 0 Å². The molecule has 0 unspecified atom stereocenters. The SMILES string of the molecule is CCSc1ccccc1C(=O)OCC(=O)Nc1ccc(N2CCCC2=O)cc1. The van der Waals surface area contributed by atoms with Gasteiger partial charge >= 0.3 is 5.97 Å². The molecule has 1 aliphatic rings. The molecule has 1 fully saturated rings. The molecule has 1 N–H and O–H groups in total. The molecule has 146 valence electrons. The molecule has 1 saturated heterocycles. The third-order valence-electron chi connectivity index (χ3n) is 4.28. The topological polar surface area (TPSA) is 75.7 Å². The van der Waals surface area contributed by atoms with Gasteiger partial charge in [0.2, 0.25) is 5.91 Å². The molecule has 0 bridgehead atoms. The quantitative estimate of drug-likeness (QED) is 0.568. The monoisotopic (exact) mass is 398 g/mol. The lowest BCUT2D eigenvalue weighted by Crippen LogP contribution is -2.24. The van der Waals surface area contributed by atoms with Crippen molar-refractivity contribution in [2.75, 3.05) is 29.1 Å². The molecule has 2 amide bonds. The minimum absolute atomic E-state index is 0.116. The number of carbonyl (C=O) groups excluding carboxylic acids is 3. The second kappa shape index (κ2) is 9.41. The Morgan fingerprint density at radius 2 is 1.89 bits per heavy atom. The first-order valence-corrected chi connectivity index (χ1v) is 10.2. The van der Waals surface area contributed by atoms with E-state index < -0.39 is 11.9 Å². The number of nitrogens with one attached hydrogen (secondary N) is 1. The Morgan fingerprint density at radius 1 is 1.14 bits per heavy atom. The van der Waals surface area contributed by atoms with Crippen LogP contribution in [0.1, 0.15) is 30.1 Å². The van der Waals surface area contributed by atoms with Crippen molar-refractivity contribution >= 4 is 40.9 Å². The van der Waals surface area contributed by atoms with E-state index in [1.807, 2.05) is 19.1 Å². The van der Waals surface area contributed by atoms with Crippen LogP contribution in [-0.4, -0.2) is 36.7 Å². The zero-order valence-electron chi connectivity index (χ0n) is 15.6. The van der Waals surface area contributed by atoms with Gasteiger partial charge < -0.3 is 15.0 Å². The molecule has 7 heteroatoms. The molecular formula is C21H22N2O4S. The van der Waals surface area contributed by atoms with Crippen LogP contribution in [0.2, 0.25) is 0 Å². The minimum atomic E-state index is -0.519. The fraction of sp³-hybridized carbons (Fsp3) is 0.286. The summed E-state index contributed by atoms with van der Waals surface area (Å²) < 4.78 is 5.15. The second-order valence-corrected chi connectivity index (χ2v) is 7.56. The fourth-order valence-corrected chi connectivity index (χ4v) is 3.76. The zero-order chi connectivity index (χ0) is 19.9. The van der Waals surface area contributed by atoms with E-state index in [4.69, 9.17) is 4.74 Å². The number of rotatable bonds is 7. The van der Waals surface area contributed by atoms with E-state index in [1.165, 1.54) is 0 Å². The highest BCUT2D eigenvalue weighted by atomic mass is 32.2. The van der Waals surface area contributed by atoms with Crippen LogP contribution in [0.4, 0.5) is 11.4 Å². The van der Waals surface area contributed by atoms with E-state index in [9.17, 15) is 14.4 Å². The zero-order valence-corrected chi connectivity index (χ0v) is 16.5. The number of hydrogen-bond donors (Lipinski definition) is 1. The smallest absolute Gasteiger partial charge is 0.339 e. The van der Waals surface area contributed by atoms with E-state index in [-0.39, 0.29) is 12.5 Å². The van der Waals surface area contributed by atoms with Crippen molar-refractivity contribution in [3.8, 4) is 0 Å². The van der Waals surface area contributed by atoms with Crippen molar-refractivity contribution in [2.45, 2.75) is 24.7 Å². The molecule has 28 heavy (non-hydrogen) atoms. The molecule has 0 spiro atoms. The standard InChI is InChI=1S/C21H22N2O4S/c1-2-28-18-7-4-3-6-17(18)21(26)27-14-19(24)22-15-9-11-16(12-10-15)23-13-5-8-20(23)25/h3-4,6-7,9-12H,2,5,8,13-14H2,1H3,(H,22,24). The number of esters is 1. The predicted molar refractivity (Wildman–Crippen MR) is 110 cm³/mol. The lowest BCUT2D eigenvalue weighted by atomic mass is 10.2. The van der Waals surface area contributed by atoms with E-state index in [0.29, 0.717) is 17.7 Å². The van der Waals surface area contributed by atoms with E-state index in [0.717, 1.165) is 29.3 Å². The van der Waals surface area contributed by atoms with Gasteiger partial charge in [0.25, 0.3) is 5.91 Å². The van der Waals surface area contributed by atoms with Gasteiger partial charge in [0.05, 0.1) is 5.56 Å². The maximum atomic E-state index is 12.3. The first-order chi connectivity index (χ1) is 13.6. The van der Waals surface area contributed by atoms with Crippen LogP contribution in [0, 0.1) is 0 Å². The van der Waals surface area contributed by atoms with Crippen LogP contribution in [0.3, 0.4) is 0 Å². The molecule has 0 aromatic heterocycles. The molecule has 2 aromatic rings. The molecule has 2 aromatic carbocycles. The Morgan fingerprint density at radius 3 is 2.57 bits per heavy atom. The molecule has 1 heterocycles. The summed E-state index contributed by atoms with van der Waals surface area (Å²) in [6, 6.07) is 14.2. The van der Waals surface area contributed by atoms with Gasteiger partial charge in [0.1, 0.15) is 0 Å².